The van der Waals surface area contributed by atoms with Gasteiger partial charge in [0.1, 0.15) is 5.02 Å². The monoisotopic (exact) mass is 244 g/mol. The van der Waals surface area contributed by atoms with Gasteiger partial charge in [0.05, 0.1) is 6.20 Å². The smallest absolute Gasteiger partial charge is 0.239 e. The highest BCUT2D eigenvalue weighted by atomic mass is 35.5. The third-order valence-electron chi connectivity index (χ3n) is 1.80. The van der Waals surface area contributed by atoms with E-state index in [0.717, 1.165) is 0 Å². The molecule has 5 N–H and O–H groups in total. The molecule has 1 heterocycles. The number of carbonyl (C=O) groups is 1. The Morgan fingerprint density at radius 2 is 2.38 bits per heavy atom. The molecule has 1 aromatic heterocycles. The van der Waals surface area contributed by atoms with Gasteiger partial charge in [-0.25, -0.2) is 10.8 Å². The van der Waals surface area contributed by atoms with E-state index in [-0.39, 0.29) is 11.9 Å². The van der Waals surface area contributed by atoms with Gasteiger partial charge in [0.2, 0.25) is 11.9 Å². The second-order valence-corrected chi connectivity index (χ2v) is 3.29. The van der Waals surface area contributed by atoms with Gasteiger partial charge in [0, 0.05) is 20.0 Å². The van der Waals surface area contributed by atoms with Crippen LogP contribution in [0.3, 0.4) is 0 Å². The Bertz CT molecular complexity index is 372. The molecule has 0 saturated carbocycles. The number of aromatic nitrogens is 2. The van der Waals surface area contributed by atoms with E-state index in [0.29, 0.717) is 23.8 Å². The van der Waals surface area contributed by atoms with Crippen LogP contribution >= 0.6 is 11.6 Å². The Hall–Kier alpha value is -1.60. The Kier molecular flexibility index (Phi) is 4.74. The molecule has 0 bridgehead atoms. The number of amides is 1. The van der Waals surface area contributed by atoms with Gasteiger partial charge in [0.15, 0.2) is 5.82 Å². The minimum atomic E-state index is -0.0603. The maximum atomic E-state index is 11.0. The minimum absolute atomic E-state index is 0.0603. The molecule has 0 atom stereocenters. The maximum absolute atomic E-state index is 11.0. The number of nitrogens with zero attached hydrogens (tertiary/aromatic N) is 2. The van der Waals surface area contributed by atoms with E-state index in [1.165, 1.54) is 6.20 Å². The van der Waals surface area contributed by atoms with Crippen LogP contribution in [-0.2, 0) is 4.79 Å². The molecule has 8 heteroatoms. The van der Waals surface area contributed by atoms with Gasteiger partial charge in [-0.15, -0.1) is 0 Å². The summed E-state index contributed by atoms with van der Waals surface area (Å²) in [5.74, 6) is 5.79. The molecule has 0 unspecified atom stereocenters. The van der Waals surface area contributed by atoms with Crippen LogP contribution < -0.4 is 21.9 Å². The number of nitrogens with one attached hydrogen (secondary N) is 3. The van der Waals surface area contributed by atoms with E-state index in [4.69, 9.17) is 17.4 Å². The second kappa shape index (κ2) is 6.09. The lowest BCUT2D eigenvalue weighted by Gasteiger charge is -2.07. The minimum Gasteiger partial charge on any atom is -0.368 e. The Balaban J connectivity index is 2.55. The summed E-state index contributed by atoms with van der Waals surface area (Å²) < 4.78 is 0. The van der Waals surface area contributed by atoms with Crippen molar-refractivity contribution in [3.8, 4) is 0 Å². The van der Waals surface area contributed by atoms with Crippen LogP contribution in [0, 0.1) is 0 Å². The highest BCUT2D eigenvalue weighted by Gasteiger charge is 2.05. The lowest BCUT2D eigenvalue weighted by atomic mass is 10.4. The first-order valence-electron chi connectivity index (χ1n) is 4.61. The number of nitrogen functional groups attached to an aromatic ring is 1. The molecule has 0 aromatic carbocycles. The van der Waals surface area contributed by atoms with Crippen molar-refractivity contribution in [2.45, 2.75) is 6.42 Å². The fourth-order valence-corrected chi connectivity index (χ4v) is 1.14. The van der Waals surface area contributed by atoms with Gasteiger partial charge < -0.3 is 10.6 Å². The van der Waals surface area contributed by atoms with Gasteiger partial charge in [0.25, 0.3) is 0 Å². The van der Waals surface area contributed by atoms with E-state index >= 15 is 0 Å². The number of anilines is 2. The predicted octanol–water partition coefficient (Wildman–Crippen LogP) is -0.0364. The molecule has 0 aliphatic heterocycles. The molecule has 0 saturated heterocycles. The quantitative estimate of drug-likeness (QED) is 0.428. The molecule has 1 amide bonds. The summed E-state index contributed by atoms with van der Waals surface area (Å²) in [5.41, 5.74) is 2.30. The number of hydrogen-bond donors (Lipinski definition) is 4. The van der Waals surface area contributed by atoms with Gasteiger partial charge in [-0.3, -0.25) is 10.2 Å². The molecule has 0 fully saturated rings. The summed E-state index contributed by atoms with van der Waals surface area (Å²) in [7, 11) is 1.58. The molecule has 7 nitrogen and oxygen atoms in total. The number of carbonyl (C=O) groups excluding carboxylic acids is 1. The van der Waals surface area contributed by atoms with Crippen molar-refractivity contribution >= 4 is 29.3 Å². The summed E-state index contributed by atoms with van der Waals surface area (Å²) in [6.45, 7) is 0.431. The van der Waals surface area contributed by atoms with E-state index in [1.54, 1.807) is 7.05 Å². The Morgan fingerprint density at radius 3 is 3.00 bits per heavy atom. The normalized spacial score (nSPS) is 9.69. The molecule has 16 heavy (non-hydrogen) atoms. The van der Waals surface area contributed by atoms with Crippen molar-refractivity contribution in [3.05, 3.63) is 11.2 Å². The summed E-state index contributed by atoms with van der Waals surface area (Å²) in [4.78, 5) is 18.8. The first-order chi connectivity index (χ1) is 7.67. The van der Waals surface area contributed by atoms with Gasteiger partial charge >= 0.3 is 0 Å². The molecule has 1 rings (SSSR count). The number of rotatable bonds is 5. The Morgan fingerprint density at radius 1 is 1.62 bits per heavy atom. The molecular weight excluding hydrogens is 232 g/mol. The SMILES string of the molecule is CNC(=O)CCNc1nc(NN)ncc1Cl. The number of hydrogen-bond acceptors (Lipinski definition) is 6. The lowest BCUT2D eigenvalue weighted by molar-refractivity contribution is -0.120. The van der Waals surface area contributed by atoms with E-state index in [9.17, 15) is 4.79 Å². The van der Waals surface area contributed by atoms with Crippen LogP contribution in [0.5, 0.6) is 0 Å². The van der Waals surface area contributed by atoms with Crippen molar-refractivity contribution in [3.63, 3.8) is 0 Å². The standard InChI is InChI=1S/C8H13ClN6O/c1-11-6(16)2-3-12-7-5(9)4-13-8(14-7)15-10/h4H,2-3,10H2,1H3,(H,11,16)(H2,12,13,14,15). The zero-order valence-corrected chi connectivity index (χ0v) is 9.51. The average Bonchev–Trinajstić information content (AvgIpc) is 2.31. The van der Waals surface area contributed by atoms with Crippen molar-refractivity contribution < 1.29 is 4.79 Å². The Labute approximate surface area is 97.8 Å². The van der Waals surface area contributed by atoms with Gasteiger partial charge in [-0.2, -0.15) is 4.98 Å². The largest absolute Gasteiger partial charge is 0.368 e. The summed E-state index contributed by atoms with van der Waals surface area (Å²) >= 11 is 5.85. The highest BCUT2D eigenvalue weighted by molar-refractivity contribution is 6.32. The molecule has 0 radical (unpaired) electrons. The van der Waals surface area contributed by atoms with Crippen LogP contribution in [0.2, 0.25) is 5.02 Å². The number of nitrogens with two attached hydrogens (primary N) is 1. The van der Waals surface area contributed by atoms with Crippen molar-refractivity contribution in [2.75, 3.05) is 24.3 Å². The second-order valence-electron chi connectivity index (χ2n) is 2.88. The first kappa shape index (κ1) is 12.5. The fraction of sp³-hybridized carbons (Fsp3) is 0.375. The molecule has 1 aromatic rings. The van der Waals surface area contributed by atoms with Crippen LogP contribution in [0.15, 0.2) is 6.20 Å². The zero-order valence-electron chi connectivity index (χ0n) is 8.75. The number of hydrazine groups is 1. The summed E-state index contributed by atoms with van der Waals surface area (Å²) in [5, 5.41) is 5.80. The molecule has 0 aliphatic rings. The van der Waals surface area contributed by atoms with Crippen molar-refractivity contribution in [2.24, 2.45) is 5.84 Å². The van der Waals surface area contributed by atoms with Crippen molar-refractivity contribution in [1.82, 2.24) is 15.3 Å². The van der Waals surface area contributed by atoms with Gasteiger partial charge in [-0.05, 0) is 0 Å². The maximum Gasteiger partial charge on any atom is 0.239 e. The van der Waals surface area contributed by atoms with E-state index in [2.05, 4.69) is 26.0 Å². The molecule has 0 spiro atoms. The average molecular weight is 245 g/mol. The molecular formula is C8H13ClN6O. The van der Waals surface area contributed by atoms with E-state index in [1.807, 2.05) is 0 Å². The first-order valence-corrected chi connectivity index (χ1v) is 4.98. The van der Waals surface area contributed by atoms with Crippen LogP contribution in [0.1, 0.15) is 6.42 Å². The summed E-state index contributed by atoms with van der Waals surface area (Å²) in [6.07, 6.45) is 1.76. The van der Waals surface area contributed by atoms with Crippen LogP contribution in [0.4, 0.5) is 11.8 Å². The molecule has 0 aliphatic carbocycles. The van der Waals surface area contributed by atoms with Crippen LogP contribution in [0.25, 0.3) is 0 Å². The summed E-state index contributed by atoms with van der Waals surface area (Å²) in [6, 6.07) is 0. The molecule has 88 valence electrons. The van der Waals surface area contributed by atoms with Crippen LogP contribution in [-0.4, -0.2) is 29.5 Å². The van der Waals surface area contributed by atoms with Crippen molar-refractivity contribution in [1.29, 1.82) is 0 Å². The third-order valence-corrected chi connectivity index (χ3v) is 2.07. The predicted molar refractivity (Wildman–Crippen MR) is 62.0 cm³/mol. The topological polar surface area (TPSA) is 105 Å². The lowest BCUT2D eigenvalue weighted by Crippen LogP contribution is -2.21. The number of halogens is 1. The fourth-order valence-electron chi connectivity index (χ4n) is 0.980. The third kappa shape index (κ3) is 3.52. The van der Waals surface area contributed by atoms with Gasteiger partial charge in [-0.1, -0.05) is 11.6 Å². The highest BCUT2D eigenvalue weighted by Crippen LogP contribution is 2.18. The zero-order chi connectivity index (χ0) is 12.0. The van der Waals surface area contributed by atoms with E-state index < -0.39 is 0 Å².